The minimum Gasteiger partial charge on any atom is -0.378 e. The minimum atomic E-state index is 0. The van der Waals surface area contributed by atoms with E-state index >= 15 is 0 Å². The minimum absolute atomic E-state index is 0. The maximum atomic E-state index is 12.1. The highest BCUT2D eigenvalue weighted by molar-refractivity contribution is 5.85. The van der Waals surface area contributed by atoms with E-state index in [0.717, 1.165) is 45.5 Å². The van der Waals surface area contributed by atoms with Gasteiger partial charge in [0.05, 0.1) is 12.0 Å². The number of halogens is 1. The molecule has 5 heteroatoms. The van der Waals surface area contributed by atoms with Gasteiger partial charge in [0.1, 0.15) is 0 Å². The summed E-state index contributed by atoms with van der Waals surface area (Å²) in [6.07, 6.45) is 4.73. The molecule has 0 saturated carbocycles. The number of hydrogen-bond acceptors (Lipinski definition) is 3. The summed E-state index contributed by atoms with van der Waals surface area (Å²) in [5.41, 5.74) is 0. The molecule has 2 heterocycles. The third-order valence-corrected chi connectivity index (χ3v) is 4.36. The molecular weight excluding hydrogens is 276 g/mol. The van der Waals surface area contributed by atoms with Crippen LogP contribution in [0.25, 0.3) is 0 Å². The maximum Gasteiger partial charge on any atom is 0.224 e. The van der Waals surface area contributed by atoms with Crippen molar-refractivity contribution >= 4 is 18.3 Å². The normalized spacial score (nSPS) is 30.6. The first kappa shape index (κ1) is 17.7. The van der Waals surface area contributed by atoms with Gasteiger partial charge in [-0.2, -0.15) is 0 Å². The van der Waals surface area contributed by atoms with Gasteiger partial charge in [-0.25, -0.2) is 0 Å². The van der Waals surface area contributed by atoms with Gasteiger partial charge in [-0.05, 0) is 38.1 Å². The Kier molecular flexibility index (Phi) is 7.85. The predicted octanol–water partition coefficient (Wildman–Crippen LogP) is 1.98. The molecule has 0 radical (unpaired) electrons. The van der Waals surface area contributed by atoms with Crippen molar-refractivity contribution in [2.75, 3.05) is 26.2 Å². The molecule has 118 valence electrons. The van der Waals surface area contributed by atoms with Gasteiger partial charge in [0.25, 0.3) is 0 Å². The third kappa shape index (κ3) is 4.90. The summed E-state index contributed by atoms with van der Waals surface area (Å²) in [6.45, 7) is 7.94. The zero-order valence-corrected chi connectivity index (χ0v) is 13.5. The summed E-state index contributed by atoms with van der Waals surface area (Å²) in [4.78, 5) is 12.1. The smallest absolute Gasteiger partial charge is 0.224 e. The SMILES string of the molecule is CC(C)C1OCCCC1CNC(=O)C1CCCNC1.Cl. The summed E-state index contributed by atoms with van der Waals surface area (Å²) < 4.78 is 5.87. The molecule has 2 aliphatic heterocycles. The number of carbonyl (C=O) groups is 1. The number of rotatable bonds is 4. The second kappa shape index (κ2) is 8.85. The molecule has 0 aromatic carbocycles. The molecule has 1 amide bonds. The summed E-state index contributed by atoms with van der Waals surface area (Å²) in [7, 11) is 0. The molecule has 2 saturated heterocycles. The molecule has 0 spiro atoms. The van der Waals surface area contributed by atoms with Crippen molar-refractivity contribution in [1.29, 1.82) is 0 Å². The topological polar surface area (TPSA) is 50.4 Å². The highest BCUT2D eigenvalue weighted by atomic mass is 35.5. The molecule has 2 rings (SSSR count). The van der Waals surface area contributed by atoms with Crippen LogP contribution in [0.5, 0.6) is 0 Å². The highest BCUT2D eigenvalue weighted by Crippen LogP contribution is 2.25. The van der Waals surface area contributed by atoms with Crippen LogP contribution in [0.15, 0.2) is 0 Å². The van der Waals surface area contributed by atoms with Crippen LogP contribution in [0, 0.1) is 17.8 Å². The van der Waals surface area contributed by atoms with E-state index < -0.39 is 0 Å². The van der Waals surface area contributed by atoms with Crippen molar-refractivity contribution in [2.45, 2.75) is 45.6 Å². The fraction of sp³-hybridized carbons (Fsp3) is 0.933. The number of amides is 1. The monoisotopic (exact) mass is 304 g/mol. The Hall–Kier alpha value is -0.320. The third-order valence-electron chi connectivity index (χ3n) is 4.36. The van der Waals surface area contributed by atoms with Crippen LogP contribution in [0.4, 0.5) is 0 Å². The van der Waals surface area contributed by atoms with Gasteiger partial charge in [0, 0.05) is 25.6 Å². The largest absolute Gasteiger partial charge is 0.378 e. The summed E-state index contributed by atoms with van der Waals surface area (Å²) in [5.74, 6) is 1.39. The van der Waals surface area contributed by atoms with Crippen LogP contribution >= 0.6 is 12.4 Å². The van der Waals surface area contributed by atoms with Gasteiger partial charge >= 0.3 is 0 Å². The Bertz CT molecular complexity index is 294. The Morgan fingerprint density at radius 3 is 2.80 bits per heavy atom. The second-order valence-electron chi connectivity index (χ2n) is 6.27. The first-order chi connectivity index (χ1) is 9.18. The molecule has 0 aliphatic carbocycles. The fourth-order valence-corrected chi connectivity index (χ4v) is 3.27. The Morgan fingerprint density at radius 2 is 2.15 bits per heavy atom. The first-order valence-electron chi connectivity index (χ1n) is 7.78. The lowest BCUT2D eigenvalue weighted by atomic mass is 9.87. The van der Waals surface area contributed by atoms with Gasteiger partial charge in [-0.3, -0.25) is 4.79 Å². The molecular formula is C15H29ClN2O2. The van der Waals surface area contributed by atoms with Crippen molar-refractivity contribution in [3.8, 4) is 0 Å². The van der Waals surface area contributed by atoms with Gasteiger partial charge in [-0.1, -0.05) is 13.8 Å². The first-order valence-corrected chi connectivity index (χ1v) is 7.78. The number of nitrogens with one attached hydrogen (secondary N) is 2. The van der Waals surface area contributed by atoms with E-state index in [4.69, 9.17) is 4.74 Å². The van der Waals surface area contributed by atoms with E-state index in [1.165, 1.54) is 6.42 Å². The molecule has 2 fully saturated rings. The van der Waals surface area contributed by atoms with Crippen molar-refractivity contribution in [3.05, 3.63) is 0 Å². The highest BCUT2D eigenvalue weighted by Gasteiger charge is 2.29. The lowest BCUT2D eigenvalue weighted by Gasteiger charge is -2.35. The van der Waals surface area contributed by atoms with E-state index in [2.05, 4.69) is 24.5 Å². The van der Waals surface area contributed by atoms with Crippen LogP contribution in [0.1, 0.15) is 39.5 Å². The van der Waals surface area contributed by atoms with Crippen LogP contribution in [0.3, 0.4) is 0 Å². The quantitative estimate of drug-likeness (QED) is 0.835. The summed E-state index contributed by atoms with van der Waals surface area (Å²) in [6, 6.07) is 0. The van der Waals surface area contributed by atoms with Crippen LogP contribution < -0.4 is 10.6 Å². The van der Waals surface area contributed by atoms with E-state index in [1.54, 1.807) is 0 Å². The van der Waals surface area contributed by atoms with Gasteiger partial charge < -0.3 is 15.4 Å². The maximum absolute atomic E-state index is 12.1. The molecule has 2 N–H and O–H groups in total. The number of piperidine rings is 1. The Labute approximate surface area is 128 Å². The molecule has 0 aromatic heterocycles. The average molecular weight is 305 g/mol. The van der Waals surface area contributed by atoms with E-state index in [9.17, 15) is 4.79 Å². The zero-order valence-electron chi connectivity index (χ0n) is 12.7. The summed E-state index contributed by atoms with van der Waals surface area (Å²) >= 11 is 0. The predicted molar refractivity (Wildman–Crippen MR) is 83.2 cm³/mol. The van der Waals surface area contributed by atoms with E-state index in [0.29, 0.717) is 17.9 Å². The average Bonchev–Trinajstić information content (AvgIpc) is 2.46. The Balaban J connectivity index is 0.00000200. The molecule has 4 nitrogen and oxygen atoms in total. The van der Waals surface area contributed by atoms with E-state index in [-0.39, 0.29) is 24.2 Å². The summed E-state index contributed by atoms with van der Waals surface area (Å²) in [5, 5.41) is 6.44. The van der Waals surface area contributed by atoms with Gasteiger partial charge in [0.2, 0.25) is 5.91 Å². The zero-order chi connectivity index (χ0) is 13.7. The number of hydrogen-bond donors (Lipinski definition) is 2. The van der Waals surface area contributed by atoms with Crippen molar-refractivity contribution in [1.82, 2.24) is 10.6 Å². The molecule has 0 bridgehead atoms. The standard InChI is InChI=1S/C15H28N2O2.ClH/c1-11(2)14-12(6-4-8-19-14)10-17-15(18)13-5-3-7-16-9-13;/h11-14,16H,3-10H2,1-2H3,(H,17,18);1H. The second-order valence-corrected chi connectivity index (χ2v) is 6.27. The molecule has 3 atom stereocenters. The molecule has 20 heavy (non-hydrogen) atoms. The van der Waals surface area contributed by atoms with E-state index in [1.807, 2.05) is 0 Å². The van der Waals surface area contributed by atoms with Crippen LogP contribution in [-0.2, 0) is 9.53 Å². The number of carbonyl (C=O) groups excluding carboxylic acids is 1. The van der Waals surface area contributed by atoms with Crippen molar-refractivity contribution in [3.63, 3.8) is 0 Å². The van der Waals surface area contributed by atoms with Crippen molar-refractivity contribution < 1.29 is 9.53 Å². The lowest BCUT2D eigenvalue weighted by molar-refractivity contribution is -0.126. The van der Waals surface area contributed by atoms with Gasteiger partial charge in [-0.15, -0.1) is 12.4 Å². The molecule has 3 unspecified atom stereocenters. The van der Waals surface area contributed by atoms with Crippen LogP contribution in [0.2, 0.25) is 0 Å². The molecule has 0 aromatic rings. The lowest BCUT2D eigenvalue weighted by Crippen LogP contribution is -2.45. The fourth-order valence-electron chi connectivity index (χ4n) is 3.27. The Morgan fingerprint density at radius 1 is 1.35 bits per heavy atom. The van der Waals surface area contributed by atoms with Crippen molar-refractivity contribution in [2.24, 2.45) is 17.8 Å². The molecule has 2 aliphatic rings. The van der Waals surface area contributed by atoms with Crippen LogP contribution in [-0.4, -0.2) is 38.3 Å². The number of ether oxygens (including phenoxy) is 1. The van der Waals surface area contributed by atoms with Gasteiger partial charge in [0.15, 0.2) is 0 Å².